The largest absolute Gasteiger partial charge is 0.261 e. The van der Waals surface area contributed by atoms with Gasteiger partial charge in [0.2, 0.25) is 0 Å². The first kappa shape index (κ1) is 7.67. The van der Waals surface area contributed by atoms with Crippen LogP contribution >= 0.6 is 0 Å². The smallest absolute Gasteiger partial charge is 0.126 e. The summed E-state index contributed by atoms with van der Waals surface area (Å²) >= 11 is 0. The van der Waals surface area contributed by atoms with Crippen molar-refractivity contribution in [1.29, 1.82) is 5.26 Å². The van der Waals surface area contributed by atoms with Gasteiger partial charge in [0.15, 0.2) is 0 Å². The molecule has 1 aromatic rings. The topological polar surface area (TPSA) is 36.7 Å². The monoisotopic (exact) mass is 150 g/mol. The highest BCUT2D eigenvalue weighted by atomic mass is 19.1. The van der Waals surface area contributed by atoms with Crippen molar-refractivity contribution in [2.24, 2.45) is 0 Å². The molecule has 56 valence electrons. The van der Waals surface area contributed by atoms with Gasteiger partial charge in [-0.2, -0.15) is 5.26 Å². The molecule has 1 rings (SSSR count). The summed E-state index contributed by atoms with van der Waals surface area (Å²) in [5.74, 6) is -0.298. The normalized spacial score (nSPS) is 9.09. The molecule has 0 aromatic carbocycles. The standard InChI is InChI=1S/C8H7FN2/c9-7-3-5-11-8(6-7)2-1-4-10/h3,5-6H,1-2H2. The van der Waals surface area contributed by atoms with Crippen molar-refractivity contribution in [3.8, 4) is 6.07 Å². The minimum atomic E-state index is -0.298. The van der Waals surface area contributed by atoms with Crippen molar-refractivity contribution >= 4 is 0 Å². The molecule has 0 saturated heterocycles. The van der Waals surface area contributed by atoms with Crippen LogP contribution in [0.3, 0.4) is 0 Å². The summed E-state index contributed by atoms with van der Waals surface area (Å²) in [6.07, 6.45) is 2.31. The Hall–Kier alpha value is -1.43. The molecule has 0 fully saturated rings. The Kier molecular flexibility index (Phi) is 2.56. The van der Waals surface area contributed by atoms with Gasteiger partial charge in [0.1, 0.15) is 5.82 Å². The quantitative estimate of drug-likeness (QED) is 0.643. The van der Waals surface area contributed by atoms with Crippen LogP contribution in [-0.2, 0) is 6.42 Å². The Bertz CT molecular complexity index is 278. The molecular formula is C8H7FN2. The van der Waals surface area contributed by atoms with Gasteiger partial charge in [0.25, 0.3) is 0 Å². The van der Waals surface area contributed by atoms with E-state index in [0.717, 1.165) is 0 Å². The van der Waals surface area contributed by atoms with Crippen LogP contribution < -0.4 is 0 Å². The predicted molar refractivity (Wildman–Crippen MR) is 38.1 cm³/mol. The van der Waals surface area contributed by atoms with Crippen molar-refractivity contribution in [3.63, 3.8) is 0 Å². The summed E-state index contributed by atoms with van der Waals surface area (Å²) in [4.78, 5) is 3.89. The van der Waals surface area contributed by atoms with Crippen molar-refractivity contribution < 1.29 is 4.39 Å². The van der Waals surface area contributed by atoms with Crippen LogP contribution in [0, 0.1) is 17.1 Å². The molecule has 11 heavy (non-hydrogen) atoms. The van der Waals surface area contributed by atoms with Crippen LogP contribution in [0.5, 0.6) is 0 Å². The number of aromatic nitrogens is 1. The van der Waals surface area contributed by atoms with Gasteiger partial charge in [-0.25, -0.2) is 4.39 Å². The van der Waals surface area contributed by atoms with E-state index in [1.807, 2.05) is 6.07 Å². The van der Waals surface area contributed by atoms with E-state index in [4.69, 9.17) is 5.26 Å². The average Bonchev–Trinajstić information content (AvgIpc) is 2.01. The van der Waals surface area contributed by atoms with Gasteiger partial charge < -0.3 is 0 Å². The molecule has 0 aliphatic rings. The maximum absolute atomic E-state index is 12.5. The van der Waals surface area contributed by atoms with E-state index in [0.29, 0.717) is 18.5 Å². The molecule has 1 aromatic heterocycles. The molecule has 0 spiro atoms. The molecule has 2 nitrogen and oxygen atoms in total. The maximum atomic E-state index is 12.5. The third-order valence-electron chi connectivity index (χ3n) is 1.27. The van der Waals surface area contributed by atoms with Gasteiger partial charge in [0.05, 0.1) is 6.07 Å². The van der Waals surface area contributed by atoms with Crippen molar-refractivity contribution in [3.05, 3.63) is 29.8 Å². The van der Waals surface area contributed by atoms with Gasteiger partial charge in [-0.05, 0) is 12.1 Å². The van der Waals surface area contributed by atoms with E-state index in [2.05, 4.69) is 4.98 Å². The van der Waals surface area contributed by atoms with E-state index in [1.165, 1.54) is 18.3 Å². The lowest BCUT2D eigenvalue weighted by molar-refractivity contribution is 0.621. The van der Waals surface area contributed by atoms with Crippen LogP contribution in [0.2, 0.25) is 0 Å². The van der Waals surface area contributed by atoms with Gasteiger partial charge in [-0.15, -0.1) is 0 Å². The highest BCUT2D eigenvalue weighted by Crippen LogP contribution is 2.01. The third-order valence-corrected chi connectivity index (χ3v) is 1.27. The second-order valence-electron chi connectivity index (χ2n) is 2.12. The fraction of sp³-hybridized carbons (Fsp3) is 0.250. The van der Waals surface area contributed by atoms with E-state index in [9.17, 15) is 4.39 Å². The minimum absolute atomic E-state index is 0.298. The zero-order chi connectivity index (χ0) is 8.10. The Morgan fingerprint density at radius 3 is 3.09 bits per heavy atom. The molecule has 0 atom stereocenters. The molecule has 0 amide bonds. The Labute approximate surface area is 64.3 Å². The number of aryl methyl sites for hydroxylation is 1. The highest BCUT2D eigenvalue weighted by molar-refractivity contribution is 5.06. The minimum Gasteiger partial charge on any atom is -0.261 e. The lowest BCUT2D eigenvalue weighted by Gasteiger charge is -1.94. The number of rotatable bonds is 2. The molecule has 0 aliphatic heterocycles. The van der Waals surface area contributed by atoms with Crippen LogP contribution in [0.25, 0.3) is 0 Å². The van der Waals surface area contributed by atoms with E-state index < -0.39 is 0 Å². The third kappa shape index (κ3) is 2.34. The molecule has 3 heteroatoms. The van der Waals surface area contributed by atoms with E-state index in [1.54, 1.807) is 0 Å². The number of nitriles is 1. The number of pyridine rings is 1. The van der Waals surface area contributed by atoms with Gasteiger partial charge in [-0.1, -0.05) is 0 Å². The average molecular weight is 150 g/mol. The predicted octanol–water partition coefficient (Wildman–Crippen LogP) is 1.68. The lowest BCUT2D eigenvalue weighted by Crippen LogP contribution is -1.89. The number of hydrogen-bond acceptors (Lipinski definition) is 2. The summed E-state index contributed by atoms with van der Waals surface area (Å²) in [5, 5.41) is 8.23. The van der Waals surface area contributed by atoms with Gasteiger partial charge in [0, 0.05) is 24.7 Å². The summed E-state index contributed by atoms with van der Waals surface area (Å²) in [7, 11) is 0. The molecule has 0 unspecified atom stereocenters. The number of nitrogens with zero attached hydrogens (tertiary/aromatic N) is 2. The second-order valence-corrected chi connectivity index (χ2v) is 2.12. The first-order valence-electron chi connectivity index (χ1n) is 3.30. The van der Waals surface area contributed by atoms with E-state index in [-0.39, 0.29) is 5.82 Å². The summed E-state index contributed by atoms with van der Waals surface area (Å²) in [6, 6.07) is 4.61. The lowest BCUT2D eigenvalue weighted by atomic mass is 10.2. The van der Waals surface area contributed by atoms with Crippen LogP contribution in [0.15, 0.2) is 18.3 Å². The fourth-order valence-electron chi connectivity index (χ4n) is 0.769. The highest BCUT2D eigenvalue weighted by Gasteiger charge is 1.94. The van der Waals surface area contributed by atoms with Crippen molar-refractivity contribution in [2.45, 2.75) is 12.8 Å². The summed E-state index contributed by atoms with van der Waals surface area (Å²) < 4.78 is 12.5. The molecule has 0 bridgehead atoms. The number of hydrogen-bond donors (Lipinski definition) is 0. The van der Waals surface area contributed by atoms with Crippen LogP contribution in [0.4, 0.5) is 4.39 Å². The van der Waals surface area contributed by atoms with Gasteiger partial charge in [-0.3, -0.25) is 4.98 Å². The SMILES string of the molecule is N#CCCc1cc(F)ccn1. The molecular weight excluding hydrogens is 143 g/mol. The molecule has 0 N–H and O–H groups in total. The molecule has 0 aliphatic carbocycles. The Morgan fingerprint density at radius 1 is 1.64 bits per heavy atom. The first-order chi connectivity index (χ1) is 5.33. The molecule has 1 heterocycles. The summed E-state index contributed by atoms with van der Waals surface area (Å²) in [5.41, 5.74) is 0.631. The molecule has 0 saturated carbocycles. The second kappa shape index (κ2) is 3.67. The molecule has 0 radical (unpaired) electrons. The van der Waals surface area contributed by atoms with Crippen LogP contribution in [0.1, 0.15) is 12.1 Å². The number of halogens is 1. The van der Waals surface area contributed by atoms with Gasteiger partial charge >= 0.3 is 0 Å². The fourth-order valence-corrected chi connectivity index (χ4v) is 0.769. The van der Waals surface area contributed by atoms with E-state index >= 15 is 0 Å². The summed E-state index contributed by atoms with van der Waals surface area (Å²) in [6.45, 7) is 0. The zero-order valence-electron chi connectivity index (χ0n) is 5.92. The first-order valence-corrected chi connectivity index (χ1v) is 3.30. The van der Waals surface area contributed by atoms with Crippen molar-refractivity contribution in [1.82, 2.24) is 4.98 Å². The maximum Gasteiger partial charge on any atom is 0.126 e. The zero-order valence-corrected chi connectivity index (χ0v) is 5.92. The van der Waals surface area contributed by atoms with Crippen molar-refractivity contribution in [2.75, 3.05) is 0 Å². The van der Waals surface area contributed by atoms with Crippen LogP contribution in [-0.4, -0.2) is 4.98 Å². The Morgan fingerprint density at radius 2 is 2.45 bits per heavy atom. The Balaban J connectivity index is 2.65.